The van der Waals surface area contributed by atoms with Gasteiger partial charge in [-0.1, -0.05) is 33.1 Å². The average molecular weight is 308 g/mol. The zero-order valence-corrected chi connectivity index (χ0v) is 13.9. The predicted octanol–water partition coefficient (Wildman–Crippen LogP) is 3.70. The zero-order chi connectivity index (χ0) is 16.3. The third-order valence-electron chi connectivity index (χ3n) is 4.45. The number of aromatic nitrogens is 2. The van der Waals surface area contributed by atoms with Crippen LogP contribution in [0.25, 0.3) is 11.0 Å². The highest BCUT2D eigenvalue weighted by atomic mass is 19.1. The molecule has 2 rings (SSSR count). The minimum atomic E-state index is -0.444. The molecule has 0 bridgehead atoms. The molecule has 1 atom stereocenters. The summed E-state index contributed by atoms with van der Waals surface area (Å²) in [5.41, 5.74) is 1.23. The van der Waals surface area contributed by atoms with Crippen LogP contribution in [0.1, 0.15) is 39.5 Å². The normalized spacial score (nSPS) is 12.8. The number of fused-ring (bicyclic) bond motifs is 1. The number of rotatable bonds is 7. The summed E-state index contributed by atoms with van der Waals surface area (Å²) < 4.78 is 22.1. The van der Waals surface area contributed by atoms with Gasteiger partial charge in [0.05, 0.1) is 18.1 Å². The van der Waals surface area contributed by atoms with Gasteiger partial charge in [0, 0.05) is 25.7 Å². The Bertz CT molecular complexity index is 703. The number of aryl methyl sites for hydroxylation is 2. The zero-order valence-electron chi connectivity index (χ0n) is 13.9. The molecule has 0 N–H and O–H groups in total. The van der Waals surface area contributed by atoms with E-state index in [1.807, 2.05) is 0 Å². The summed E-state index contributed by atoms with van der Waals surface area (Å²) in [5.74, 6) is 0.349. The van der Waals surface area contributed by atoms with Crippen molar-refractivity contribution in [3.63, 3.8) is 0 Å². The third-order valence-corrected chi connectivity index (χ3v) is 4.45. The maximum absolute atomic E-state index is 13.9. The van der Waals surface area contributed by atoms with E-state index >= 15 is 0 Å². The first-order valence-electron chi connectivity index (χ1n) is 7.96. The van der Waals surface area contributed by atoms with Crippen LogP contribution in [-0.2, 0) is 13.6 Å². The van der Waals surface area contributed by atoms with Crippen LogP contribution in [0, 0.1) is 11.7 Å². The number of hydrogen-bond donors (Lipinski definition) is 0. The standard InChI is InChI=1S/C17H25FN2O2/c1-5-7-12(6-2)8-9-20-15-11-16(22-4)13(18)10-14(15)19(3)17(20)21/h10-12H,5-9H2,1-4H3. The van der Waals surface area contributed by atoms with Crippen molar-refractivity contribution in [2.24, 2.45) is 13.0 Å². The molecule has 0 spiro atoms. The molecule has 0 amide bonds. The average Bonchev–Trinajstić information content (AvgIpc) is 2.74. The van der Waals surface area contributed by atoms with E-state index in [0.29, 0.717) is 18.0 Å². The minimum Gasteiger partial charge on any atom is -0.494 e. The molecular weight excluding hydrogens is 283 g/mol. The van der Waals surface area contributed by atoms with Gasteiger partial charge in [-0.2, -0.15) is 0 Å². The van der Waals surface area contributed by atoms with Gasteiger partial charge in [-0.15, -0.1) is 0 Å². The van der Waals surface area contributed by atoms with Crippen LogP contribution >= 0.6 is 0 Å². The van der Waals surface area contributed by atoms with Gasteiger partial charge in [0.25, 0.3) is 0 Å². The molecule has 1 heterocycles. The van der Waals surface area contributed by atoms with Gasteiger partial charge in [0.2, 0.25) is 0 Å². The third kappa shape index (κ3) is 3.03. The number of benzene rings is 1. The summed E-state index contributed by atoms with van der Waals surface area (Å²) in [5, 5.41) is 0. The SMILES string of the molecule is CCCC(CC)CCn1c(=O)n(C)c2cc(F)c(OC)cc21. The number of ether oxygens (including phenoxy) is 1. The molecule has 0 radical (unpaired) electrons. The highest BCUT2D eigenvalue weighted by molar-refractivity contribution is 5.78. The number of imidazole rings is 1. The van der Waals surface area contributed by atoms with E-state index in [1.54, 1.807) is 17.7 Å². The van der Waals surface area contributed by atoms with Crippen LogP contribution in [0.3, 0.4) is 0 Å². The van der Waals surface area contributed by atoms with Gasteiger partial charge in [-0.25, -0.2) is 9.18 Å². The molecule has 22 heavy (non-hydrogen) atoms. The van der Waals surface area contributed by atoms with E-state index in [0.717, 1.165) is 24.8 Å². The van der Waals surface area contributed by atoms with Gasteiger partial charge in [-0.3, -0.25) is 9.13 Å². The fourth-order valence-corrected chi connectivity index (χ4v) is 3.05. The van der Waals surface area contributed by atoms with Crippen molar-refractivity contribution in [2.75, 3.05) is 7.11 Å². The van der Waals surface area contributed by atoms with Gasteiger partial charge in [0.1, 0.15) is 0 Å². The summed E-state index contributed by atoms with van der Waals surface area (Å²) in [7, 11) is 3.11. The molecule has 0 saturated heterocycles. The van der Waals surface area contributed by atoms with Crippen molar-refractivity contribution < 1.29 is 9.13 Å². The Morgan fingerprint density at radius 3 is 2.55 bits per heavy atom. The van der Waals surface area contributed by atoms with Gasteiger partial charge in [0.15, 0.2) is 11.6 Å². The Morgan fingerprint density at radius 1 is 1.23 bits per heavy atom. The fourth-order valence-electron chi connectivity index (χ4n) is 3.05. The van der Waals surface area contributed by atoms with E-state index in [4.69, 9.17) is 4.74 Å². The Labute approximate surface area is 130 Å². The van der Waals surface area contributed by atoms with Crippen molar-refractivity contribution in [3.8, 4) is 5.75 Å². The minimum absolute atomic E-state index is 0.103. The lowest BCUT2D eigenvalue weighted by Gasteiger charge is -2.14. The molecule has 0 aliphatic rings. The van der Waals surface area contributed by atoms with Crippen molar-refractivity contribution >= 4 is 11.0 Å². The van der Waals surface area contributed by atoms with Crippen molar-refractivity contribution in [2.45, 2.75) is 46.1 Å². The summed E-state index contributed by atoms with van der Waals surface area (Å²) in [6.07, 6.45) is 4.41. The molecule has 1 aromatic heterocycles. The van der Waals surface area contributed by atoms with Crippen molar-refractivity contribution in [1.29, 1.82) is 0 Å². The van der Waals surface area contributed by atoms with Crippen LogP contribution in [-0.4, -0.2) is 16.2 Å². The van der Waals surface area contributed by atoms with Crippen molar-refractivity contribution in [3.05, 3.63) is 28.4 Å². The number of methoxy groups -OCH3 is 1. The second kappa shape index (κ2) is 6.99. The molecule has 0 aliphatic heterocycles. The molecule has 0 saturated carbocycles. The second-order valence-corrected chi connectivity index (χ2v) is 5.82. The van der Waals surface area contributed by atoms with Crippen LogP contribution in [0.4, 0.5) is 4.39 Å². The Hall–Kier alpha value is -1.78. The first kappa shape index (κ1) is 16.6. The first-order chi connectivity index (χ1) is 10.5. The monoisotopic (exact) mass is 308 g/mol. The van der Waals surface area contributed by atoms with Crippen LogP contribution < -0.4 is 10.4 Å². The molecule has 0 aliphatic carbocycles. The van der Waals surface area contributed by atoms with E-state index in [1.165, 1.54) is 24.2 Å². The molecule has 122 valence electrons. The highest BCUT2D eigenvalue weighted by Gasteiger charge is 2.16. The number of nitrogens with zero attached hydrogens (tertiary/aromatic N) is 2. The summed E-state index contributed by atoms with van der Waals surface area (Å²) >= 11 is 0. The maximum atomic E-state index is 13.9. The van der Waals surface area contributed by atoms with E-state index in [2.05, 4.69) is 13.8 Å². The lowest BCUT2D eigenvalue weighted by atomic mass is 9.97. The molecule has 1 aromatic carbocycles. The molecule has 1 unspecified atom stereocenters. The topological polar surface area (TPSA) is 36.2 Å². The van der Waals surface area contributed by atoms with Gasteiger partial charge >= 0.3 is 5.69 Å². The van der Waals surface area contributed by atoms with E-state index < -0.39 is 5.82 Å². The predicted molar refractivity (Wildman–Crippen MR) is 87.0 cm³/mol. The van der Waals surface area contributed by atoms with Crippen LogP contribution in [0.5, 0.6) is 5.75 Å². The van der Waals surface area contributed by atoms with Gasteiger partial charge in [-0.05, 0) is 12.3 Å². The van der Waals surface area contributed by atoms with Crippen LogP contribution in [0.2, 0.25) is 0 Å². The Balaban J connectivity index is 2.40. The molecular formula is C17H25FN2O2. The fraction of sp³-hybridized carbons (Fsp3) is 0.588. The lowest BCUT2D eigenvalue weighted by Crippen LogP contribution is -2.23. The summed E-state index contributed by atoms with van der Waals surface area (Å²) in [6, 6.07) is 2.99. The number of halogens is 1. The highest BCUT2D eigenvalue weighted by Crippen LogP contribution is 2.25. The Kier molecular flexibility index (Phi) is 5.27. The smallest absolute Gasteiger partial charge is 0.328 e. The quantitative estimate of drug-likeness (QED) is 0.782. The van der Waals surface area contributed by atoms with E-state index in [-0.39, 0.29) is 11.4 Å². The largest absolute Gasteiger partial charge is 0.494 e. The van der Waals surface area contributed by atoms with Crippen LogP contribution in [0.15, 0.2) is 16.9 Å². The molecule has 5 heteroatoms. The van der Waals surface area contributed by atoms with Crippen molar-refractivity contribution in [1.82, 2.24) is 9.13 Å². The molecule has 0 fully saturated rings. The first-order valence-corrected chi connectivity index (χ1v) is 7.96. The number of hydrogen-bond acceptors (Lipinski definition) is 2. The Morgan fingerprint density at radius 2 is 1.95 bits per heavy atom. The maximum Gasteiger partial charge on any atom is 0.328 e. The van der Waals surface area contributed by atoms with E-state index in [9.17, 15) is 9.18 Å². The second-order valence-electron chi connectivity index (χ2n) is 5.82. The summed E-state index contributed by atoms with van der Waals surface area (Å²) in [6.45, 7) is 5.02. The summed E-state index contributed by atoms with van der Waals surface area (Å²) in [4.78, 5) is 12.4. The lowest BCUT2D eigenvalue weighted by molar-refractivity contribution is 0.386. The van der Waals surface area contributed by atoms with Gasteiger partial charge < -0.3 is 4.74 Å². The molecule has 4 nitrogen and oxygen atoms in total. The molecule has 2 aromatic rings.